The molecule has 3 nitrogen and oxygen atoms in total. The molecular weight excluding hydrogens is 262 g/mol. The molecule has 0 spiro atoms. The number of benzene rings is 1. The maximum Gasteiger partial charge on any atom is 0.115 e. The van der Waals surface area contributed by atoms with E-state index >= 15 is 0 Å². The van der Waals surface area contributed by atoms with Crippen LogP contribution in [0.3, 0.4) is 0 Å². The molecule has 0 bridgehead atoms. The standard InChI is InChI=1S/C15H23NO2.ClH/c1-16(2)11-13-6-3-4-9-15(13,18)12-7-5-8-14(17)10-12;/h5,7-8,10,13,17-18H,3-4,6,9,11H2,1-2H3;1H. The zero-order valence-corrected chi connectivity index (χ0v) is 12.5. The molecule has 0 aromatic heterocycles. The second kappa shape index (κ2) is 6.60. The van der Waals surface area contributed by atoms with E-state index in [4.69, 9.17) is 0 Å². The van der Waals surface area contributed by atoms with Crippen LogP contribution in [0.1, 0.15) is 31.2 Å². The first-order valence-corrected chi connectivity index (χ1v) is 6.69. The van der Waals surface area contributed by atoms with Crippen LogP contribution in [0.2, 0.25) is 0 Å². The smallest absolute Gasteiger partial charge is 0.115 e. The topological polar surface area (TPSA) is 43.7 Å². The van der Waals surface area contributed by atoms with Crippen LogP contribution in [0, 0.1) is 5.92 Å². The summed E-state index contributed by atoms with van der Waals surface area (Å²) in [5.74, 6) is 0.471. The zero-order valence-electron chi connectivity index (χ0n) is 11.7. The van der Waals surface area contributed by atoms with Gasteiger partial charge in [0.25, 0.3) is 0 Å². The van der Waals surface area contributed by atoms with Crippen molar-refractivity contribution in [3.8, 4) is 5.75 Å². The van der Waals surface area contributed by atoms with Crippen LogP contribution in [-0.2, 0) is 5.60 Å². The molecule has 1 fully saturated rings. The molecule has 0 heterocycles. The fraction of sp³-hybridized carbons (Fsp3) is 0.600. The number of hydrogen-bond acceptors (Lipinski definition) is 3. The average Bonchev–Trinajstić information content (AvgIpc) is 2.32. The quantitative estimate of drug-likeness (QED) is 0.897. The summed E-state index contributed by atoms with van der Waals surface area (Å²) in [5.41, 5.74) is 0.0652. The number of phenolic OH excluding ortho intramolecular Hbond substituents is 1. The molecule has 2 rings (SSSR count). The van der Waals surface area contributed by atoms with Gasteiger partial charge < -0.3 is 15.1 Å². The second-order valence-electron chi connectivity index (χ2n) is 5.68. The fourth-order valence-corrected chi connectivity index (χ4v) is 3.07. The lowest BCUT2D eigenvalue weighted by atomic mass is 9.71. The van der Waals surface area contributed by atoms with Crippen LogP contribution in [-0.4, -0.2) is 35.8 Å². The van der Waals surface area contributed by atoms with Crippen LogP contribution in [0.25, 0.3) is 0 Å². The first-order valence-electron chi connectivity index (χ1n) is 6.69. The van der Waals surface area contributed by atoms with E-state index < -0.39 is 5.60 Å². The lowest BCUT2D eigenvalue weighted by Gasteiger charge is -2.41. The highest BCUT2D eigenvalue weighted by Gasteiger charge is 2.40. The van der Waals surface area contributed by atoms with E-state index in [9.17, 15) is 10.2 Å². The minimum absolute atomic E-state index is 0. The number of phenols is 1. The molecular formula is C15H24ClNO2. The van der Waals surface area contributed by atoms with E-state index in [0.717, 1.165) is 31.4 Å². The van der Waals surface area contributed by atoms with Crippen molar-refractivity contribution >= 4 is 12.4 Å². The minimum Gasteiger partial charge on any atom is -0.508 e. The van der Waals surface area contributed by atoms with Crippen molar-refractivity contribution in [1.82, 2.24) is 4.90 Å². The third kappa shape index (κ3) is 3.62. The summed E-state index contributed by atoms with van der Waals surface area (Å²) in [5, 5.41) is 20.6. The molecule has 4 heteroatoms. The molecule has 2 atom stereocenters. The normalized spacial score (nSPS) is 27.1. The molecule has 0 saturated heterocycles. The molecule has 1 saturated carbocycles. The van der Waals surface area contributed by atoms with Gasteiger partial charge in [-0.1, -0.05) is 25.0 Å². The maximum atomic E-state index is 11.0. The fourth-order valence-electron chi connectivity index (χ4n) is 3.07. The van der Waals surface area contributed by atoms with Gasteiger partial charge in [0.2, 0.25) is 0 Å². The van der Waals surface area contributed by atoms with E-state index in [0.29, 0.717) is 0 Å². The summed E-state index contributed by atoms with van der Waals surface area (Å²) in [6, 6.07) is 7.09. The predicted octanol–water partition coefficient (Wildman–Crippen LogP) is 2.75. The predicted molar refractivity (Wildman–Crippen MR) is 79.8 cm³/mol. The Balaban J connectivity index is 0.00000180. The van der Waals surface area contributed by atoms with Gasteiger partial charge in [-0.2, -0.15) is 0 Å². The number of aromatic hydroxyl groups is 1. The highest BCUT2D eigenvalue weighted by molar-refractivity contribution is 5.85. The molecule has 108 valence electrons. The third-order valence-electron chi connectivity index (χ3n) is 3.97. The first-order chi connectivity index (χ1) is 8.52. The van der Waals surface area contributed by atoms with Gasteiger partial charge >= 0.3 is 0 Å². The number of halogens is 1. The summed E-state index contributed by atoms with van der Waals surface area (Å²) in [6.07, 6.45) is 4.06. The number of nitrogens with zero attached hydrogens (tertiary/aromatic N) is 1. The van der Waals surface area contributed by atoms with E-state index in [1.165, 1.54) is 6.42 Å². The summed E-state index contributed by atoms with van der Waals surface area (Å²) in [7, 11) is 4.08. The Hall–Kier alpha value is -0.770. The van der Waals surface area contributed by atoms with Crippen LogP contribution >= 0.6 is 12.4 Å². The lowest BCUT2D eigenvalue weighted by molar-refractivity contribution is -0.0619. The Morgan fingerprint density at radius 2 is 2.05 bits per heavy atom. The van der Waals surface area contributed by atoms with Gasteiger partial charge in [-0.15, -0.1) is 12.4 Å². The van der Waals surface area contributed by atoms with Crippen molar-refractivity contribution < 1.29 is 10.2 Å². The van der Waals surface area contributed by atoms with Crippen LogP contribution in [0.5, 0.6) is 5.75 Å². The minimum atomic E-state index is -0.790. The van der Waals surface area contributed by atoms with Crippen LogP contribution in [0.15, 0.2) is 24.3 Å². The zero-order chi connectivity index (χ0) is 13.2. The van der Waals surface area contributed by atoms with Crippen molar-refractivity contribution in [1.29, 1.82) is 0 Å². The van der Waals surface area contributed by atoms with E-state index in [2.05, 4.69) is 4.90 Å². The summed E-state index contributed by atoms with van der Waals surface area (Å²) < 4.78 is 0. The SMILES string of the molecule is CN(C)CC1CCCCC1(O)c1cccc(O)c1.Cl. The average molecular weight is 286 g/mol. The molecule has 0 aliphatic heterocycles. The van der Waals surface area contributed by atoms with Gasteiger partial charge in [-0.3, -0.25) is 0 Å². The van der Waals surface area contributed by atoms with Crippen LogP contribution < -0.4 is 0 Å². The molecule has 1 aliphatic carbocycles. The number of rotatable bonds is 3. The van der Waals surface area contributed by atoms with Gasteiger partial charge in [0.15, 0.2) is 0 Å². The van der Waals surface area contributed by atoms with Crippen molar-refractivity contribution in [3.05, 3.63) is 29.8 Å². The summed E-state index contributed by atoms with van der Waals surface area (Å²) >= 11 is 0. The van der Waals surface area contributed by atoms with Gasteiger partial charge in [0.05, 0.1) is 5.60 Å². The highest BCUT2D eigenvalue weighted by Crippen LogP contribution is 2.42. The Morgan fingerprint density at radius 1 is 1.32 bits per heavy atom. The second-order valence-corrected chi connectivity index (χ2v) is 5.68. The number of aliphatic hydroxyl groups is 1. The highest BCUT2D eigenvalue weighted by atomic mass is 35.5. The molecule has 0 amide bonds. The van der Waals surface area contributed by atoms with Gasteiger partial charge in [0, 0.05) is 12.5 Å². The Bertz CT molecular complexity index is 411. The molecule has 2 N–H and O–H groups in total. The Labute approximate surface area is 121 Å². The van der Waals surface area contributed by atoms with Gasteiger partial charge in [0.1, 0.15) is 5.75 Å². The molecule has 19 heavy (non-hydrogen) atoms. The molecule has 1 aliphatic rings. The van der Waals surface area contributed by atoms with Crippen molar-refractivity contribution in [2.24, 2.45) is 5.92 Å². The van der Waals surface area contributed by atoms with Crippen molar-refractivity contribution in [2.45, 2.75) is 31.3 Å². The third-order valence-corrected chi connectivity index (χ3v) is 3.97. The number of hydrogen-bond donors (Lipinski definition) is 2. The van der Waals surface area contributed by atoms with Crippen molar-refractivity contribution in [2.75, 3.05) is 20.6 Å². The Morgan fingerprint density at radius 3 is 2.68 bits per heavy atom. The molecule has 1 aromatic rings. The van der Waals surface area contributed by atoms with E-state index in [1.54, 1.807) is 12.1 Å². The first kappa shape index (κ1) is 16.3. The molecule has 1 aromatic carbocycles. The van der Waals surface area contributed by atoms with E-state index in [-0.39, 0.29) is 24.1 Å². The van der Waals surface area contributed by atoms with Crippen LogP contribution in [0.4, 0.5) is 0 Å². The van der Waals surface area contributed by atoms with E-state index in [1.807, 2.05) is 26.2 Å². The van der Waals surface area contributed by atoms with Gasteiger partial charge in [-0.25, -0.2) is 0 Å². The maximum absolute atomic E-state index is 11.0. The lowest BCUT2D eigenvalue weighted by Crippen LogP contribution is -2.43. The largest absolute Gasteiger partial charge is 0.508 e. The monoisotopic (exact) mass is 285 g/mol. The molecule has 0 radical (unpaired) electrons. The summed E-state index contributed by atoms with van der Waals surface area (Å²) in [4.78, 5) is 2.13. The van der Waals surface area contributed by atoms with Gasteiger partial charge in [-0.05, 0) is 44.6 Å². The Kier molecular flexibility index (Phi) is 5.65. The molecule has 2 unspecified atom stereocenters. The van der Waals surface area contributed by atoms with Crippen molar-refractivity contribution in [3.63, 3.8) is 0 Å². The summed E-state index contributed by atoms with van der Waals surface area (Å²) in [6.45, 7) is 0.881.